The van der Waals surface area contributed by atoms with Gasteiger partial charge >= 0.3 is 0 Å². The second-order valence-electron chi connectivity index (χ2n) is 5.44. The van der Waals surface area contributed by atoms with Gasteiger partial charge in [0.15, 0.2) is 0 Å². The Balaban J connectivity index is 4.44. The molecule has 1 nitrogen and oxygen atoms in total. The van der Waals surface area contributed by atoms with Crippen LogP contribution in [0, 0.1) is 5.41 Å². The van der Waals surface area contributed by atoms with Crippen molar-refractivity contribution in [2.45, 2.75) is 59.4 Å². The highest BCUT2D eigenvalue weighted by atomic mass is 15.1. The Kier molecular flexibility index (Phi) is 4.44. The zero-order chi connectivity index (χ0) is 10.7. The zero-order valence-electron chi connectivity index (χ0n) is 10.6. The van der Waals surface area contributed by atoms with Gasteiger partial charge in [0.2, 0.25) is 0 Å². The second-order valence-corrected chi connectivity index (χ2v) is 5.44. The molecular formula is C12H27N. The van der Waals surface area contributed by atoms with E-state index in [1.54, 1.807) is 0 Å². The number of hydrogen-bond acceptors (Lipinski definition) is 1. The maximum absolute atomic E-state index is 2.37. The van der Waals surface area contributed by atoms with Crippen molar-refractivity contribution in [1.29, 1.82) is 0 Å². The van der Waals surface area contributed by atoms with Crippen molar-refractivity contribution in [3.63, 3.8) is 0 Å². The Hall–Kier alpha value is -0.0400. The molecular weight excluding hydrogens is 158 g/mol. The van der Waals surface area contributed by atoms with Crippen LogP contribution in [-0.4, -0.2) is 24.5 Å². The predicted molar refractivity (Wildman–Crippen MR) is 61.1 cm³/mol. The van der Waals surface area contributed by atoms with Crippen molar-refractivity contribution in [2.75, 3.05) is 14.1 Å². The van der Waals surface area contributed by atoms with Gasteiger partial charge in [-0.15, -0.1) is 0 Å². The molecule has 0 aromatic carbocycles. The maximum atomic E-state index is 2.37. The van der Waals surface area contributed by atoms with Crippen molar-refractivity contribution in [3.8, 4) is 0 Å². The van der Waals surface area contributed by atoms with E-state index in [1.807, 2.05) is 0 Å². The van der Waals surface area contributed by atoms with Crippen molar-refractivity contribution in [3.05, 3.63) is 0 Å². The molecule has 0 aliphatic heterocycles. The molecule has 0 fully saturated rings. The van der Waals surface area contributed by atoms with E-state index in [1.165, 1.54) is 19.3 Å². The molecule has 1 heteroatoms. The summed E-state index contributed by atoms with van der Waals surface area (Å²) in [6, 6.07) is 0. The number of nitrogens with zero attached hydrogens (tertiary/aromatic N) is 1. The van der Waals surface area contributed by atoms with Crippen LogP contribution in [0.2, 0.25) is 0 Å². The van der Waals surface area contributed by atoms with Crippen molar-refractivity contribution >= 4 is 0 Å². The van der Waals surface area contributed by atoms with Crippen LogP contribution in [0.15, 0.2) is 0 Å². The van der Waals surface area contributed by atoms with Crippen LogP contribution in [0.25, 0.3) is 0 Å². The fourth-order valence-corrected chi connectivity index (χ4v) is 1.76. The highest BCUT2D eigenvalue weighted by Gasteiger charge is 2.31. The lowest BCUT2D eigenvalue weighted by Crippen LogP contribution is -2.44. The molecule has 0 aromatic heterocycles. The molecule has 0 bridgehead atoms. The summed E-state index contributed by atoms with van der Waals surface area (Å²) in [4.78, 5) is 2.37. The first-order valence-electron chi connectivity index (χ1n) is 5.45. The van der Waals surface area contributed by atoms with Gasteiger partial charge in [-0.25, -0.2) is 0 Å². The van der Waals surface area contributed by atoms with E-state index < -0.39 is 0 Å². The fraction of sp³-hybridized carbons (Fsp3) is 1.00. The molecule has 0 aliphatic carbocycles. The van der Waals surface area contributed by atoms with Crippen LogP contribution in [-0.2, 0) is 0 Å². The third-order valence-corrected chi connectivity index (χ3v) is 3.66. The SMILES string of the molecule is CCC(C)(C)CC(C)(CC)N(C)C. The van der Waals surface area contributed by atoms with Crippen LogP contribution < -0.4 is 0 Å². The summed E-state index contributed by atoms with van der Waals surface area (Å²) >= 11 is 0. The lowest BCUT2D eigenvalue weighted by Gasteiger charge is -2.41. The van der Waals surface area contributed by atoms with Crippen LogP contribution in [0.1, 0.15) is 53.9 Å². The third-order valence-electron chi connectivity index (χ3n) is 3.66. The summed E-state index contributed by atoms with van der Waals surface area (Å²) in [6.45, 7) is 11.7. The average Bonchev–Trinajstić information content (AvgIpc) is 2.03. The molecule has 0 amide bonds. The molecule has 0 aliphatic rings. The summed E-state index contributed by atoms with van der Waals surface area (Å²) in [7, 11) is 4.38. The lowest BCUT2D eigenvalue weighted by molar-refractivity contribution is 0.0972. The van der Waals surface area contributed by atoms with Gasteiger partial charge in [0.05, 0.1) is 0 Å². The van der Waals surface area contributed by atoms with Crippen molar-refractivity contribution in [1.82, 2.24) is 4.90 Å². The van der Waals surface area contributed by atoms with Crippen LogP contribution >= 0.6 is 0 Å². The van der Waals surface area contributed by atoms with Gasteiger partial charge in [0, 0.05) is 5.54 Å². The average molecular weight is 185 g/mol. The van der Waals surface area contributed by atoms with Gasteiger partial charge in [-0.1, -0.05) is 34.1 Å². The molecule has 0 spiro atoms. The molecule has 0 N–H and O–H groups in total. The van der Waals surface area contributed by atoms with Crippen LogP contribution in [0.4, 0.5) is 0 Å². The Morgan fingerprint density at radius 2 is 1.38 bits per heavy atom. The zero-order valence-corrected chi connectivity index (χ0v) is 10.6. The highest BCUT2D eigenvalue weighted by Crippen LogP contribution is 2.35. The standard InChI is InChI=1S/C12H27N/c1-8-11(3,4)10-12(5,9-2)13(6)7/h8-10H2,1-7H3. The first-order chi connectivity index (χ1) is 5.77. The largest absolute Gasteiger partial charge is 0.304 e. The summed E-state index contributed by atoms with van der Waals surface area (Å²) in [6.07, 6.45) is 3.76. The highest BCUT2D eigenvalue weighted by molar-refractivity contribution is 4.87. The normalized spacial score (nSPS) is 17.5. The van der Waals surface area contributed by atoms with E-state index in [0.717, 1.165) is 0 Å². The molecule has 1 atom stereocenters. The van der Waals surface area contributed by atoms with Gasteiger partial charge in [-0.05, 0) is 39.3 Å². The van der Waals surface area contributed by atoms with Gasteiger partial charge in [0.1, 0.15) is 0 Å². The van der Waals surface area contributed by atoms with E-state index in [0.29, 0.717) is 11.0 Å². The Bertz CT molecular complexity index is 149. The molecule has 80 valence electrons. The quantitative estimate of drug-likeness (QED) is 0.633. The van der Waals surface area contributed by atoms with Crippen molar-refractivity contribution in [2.24, 2.45) is 5.41 Å². The molecule has 0 rings (SSSR count). The maximum Gasteiger partial charge on any atom is 0.0177 e. The number of hydrogen-bond donors (Lipinski definition) is 0. The van der Waals surface area contributed by atoms with Gasteiger partial charge in [0.25, 0.3) is 0 Å². The second kappa shape index (κ2) is 4.45. The Morgan fingerprint density at radius 3 is 1.62 bits per heavy atom. The minimum absolute atomic E-state index is 0.361. The molecule has 0 radical (unpaired) electrons. The molecule has 0 aromatic rings. The molecule has 13 heavy (non-hydrogen) atoms. The molecule has 0 saturated heterocycles. The van der Waals surface area contributed by atoms with E-state index in [9.17, 15) is 0 Å². The molecule has 0 saturated carbocycles. The predicted octanol–water partition coefficient (Wildman–Crippen LogP) is 3.54. The van der Waals surface area contributed by atoms with E-state index in [2.05, 4.69) is 53.6 Å². The summed E-state index contributed by atoms with van der Waals surface area (Å²) in [5, 5.41) is 0. The van der Waals surface area contributed by atoms with Crippen LogP contribution in [0.3, 0.4) is 0 Å². The van der Waals surface area contributed by atoms with Gasteiger partial charge < -0.3 is 4.90 Å². The van der Waals surface area contributed by atoms with E-state index in [4.69, 9.17) is 0 Å². The topological polar surface area (TPSA) is 3.24 Å². The number of rotatable bonds is 5. The molecule has 1 unspecified atom stereocenters. The summed E-state index contributed by atoms with van der Waals surface area (Å²) in [5.41, 5.74) is 0.828. The smallest absolute Gasteiger partial charge is 0.0177 e. The van der Waals surface area contributed by atoms with Crippen molar-refractivity contribution < 1.29 is 0 Å². The van der Waals surface area contributed by atoms with E-state index in [-0.39, 0.29) is 0 Å². The van der Waals surface area contributed by atoms with Gasteiger partial charge in [-0.3, -0.25) is 0 Å². The molecule has 0 heterocycles. The summed E-state index contributed by atoms with van der Waals surface area (Å²) in [5.74, 6) is 0. The fourth-order valence-electron chi connectivity index (χ4n) is 1.76. The van der Waals surface area contributed by atoms with Gasteiger partial charge in [-0.2, -0.15) is 0 Å². The Labute approximate surface area is 84.5 Å². The monoisotopic (exact) mass is 185 g/mol. The summed E-state index contributed by atoms with van der Waals surface area (Å²) < 4.78 is 0. The van der Waals surface area contributed by atoms with E-state index >= 15 is 0 Å². The first-order valence-corrected chi connectivity index (χ1v) is 5.45. The Morgan fingerprint density at radius 1 is 0.923 bits per heavy atom. The minimum atomic E-state index is 0.361. The first kappa shape index (κ1) is 13.0. The minimum Gasteiger partial charge on any atom is -0.304 e. The van der Waals surface area contributed by atoms with Crippen LogP contribution in [0.5, 0.6) is 0 Å². The third kappa shape index (κ3) is 3.68. The lowest BCUT2D eigenvalue weighted by atomic mass is 9.76.